The molecule has 0 aliphatic carbocycles. The summed E-state index contributed by atoms with van der Waals surface area (Å²) in [4.78, 5) is 16.2. The molecule has 0 saturated heterocycles. The van der Waals surface area contributed by atoms with Crippen molar-refractivity contribution < 1.29 is 9.63 Å². The van der Waals surface area contributed by atoms with Crippen LogP contribution in [0.5, 0.6) is 0 Å². The van der Waals surface area contributed by atoms with Gasteiger partial charge in [0.15, 0.2) is 0 Å². The fourth-order valence-electron chi connectivity index (χ4n) is 1.06. The minimum atomic E-state index is -0.244. The smallest absolute Gasteiger partial charge is 0.257 e. The average Bonchev–Trinajstić information content (AvgIpc) is 2.31. The lowest BCUT2D eigenvalue weighted by atomic mass is 10.2. The summed E-state index contributed by atoms with van der Waals surface area (Å²) in [5.74, 6) is 2.13. The van der Waals surface area contributed by atoms with Crippen molar-refractivity contribution in [3.05, 3.63) is 35.9 Å². The molecule has 1 aromatic carbocycles. The van der Waals surface area contributed by atoms with E-state index in [2.05, 4.69) is 16.7 Å². The van der Waals surface area contributed by atoms with Crippen LogP contribution in [0.25, 0.3) is 0 Å². The zero-order valence-electron chi connectivity index (χ0n) is 8.90. The van der Waals surface area contributed by atoms with E-state index in [0.717, 1.165) is 5.56 Å². The Labute approximate surface area is 94.9 Å². The average molecular weight is 218 g/mol. The van der Waals surface area contributed by atoms with Gasteiger partial charge < -0.3 is 0 Å². The van der Waals surface area contributed by atoms with E-state index < -0.39 is 0 Å². The largest absolute Gasteiger partial charge is 0.298 e. The highest BCUT2D eigenvalue weighted by Crippen LogP contribution is 1.98. The molecule has 1 amide bonds. The van der Waals surface area contributed by atoms with Crippen molar-refractivity contribution in [1.29, 1.82) is 0 Å². The predicted molar refractivity (Wildman–Crippen MR) is 61.1 cm³/mol. The maximum Gasteiger partial charge on any atom is 0.257 e. The Kier molecular flexibility index (Phi) is 5.71. The molecular formula is C12H14N2O2. The van der Waals surface area contributed by atoms with Crippen LogP contribution in [0.4, 0.5) is 0 Å². The molecule has 0 aliphatic heterocycles. The first-order valence-electron chi connectivity index (χ1n) is 4.91. The Morgan fingerprint density at radius 3 is 2.81 bits per heavy atom. The fraction of sp³-hybridized carbons (Fsp3) is 0.250. The molecule has 4 heteroatoms. The highest BCUT2D eigenvalue weighted by atomic mass is 16.6. The number of carbonyl (C=O) groups is 1. The molecule has 0 heterocycles. The van der Waals surface area contributed by atoms with E-state index in [1.54, 1.807) is 0 Å². The van der Waals surface area contributed by atoms with Crippen LogP contribution < -0.4 is 10.8 Å². The lowest BCUT2D eigenvalue weighted by Gasteiger charge is -2.05. The van der Waals surface area contributed by atoms with Crippen molar-refractivity contribution in [1.82, 2.24) is 10.8 Å². The van der Waals surface area contributed by atoms with E-state index in [-0.39, 0.29) is 12.5 Å². The zero-order valence-corrected chi connectivity index (χ0v) is 8.90. The van der Waals surface area contributed by atoms with Crippen LogP contribution in [-0.2, 0) is 16.2 Å². The van der Waals surface area contributed by atoms with Gasteiger partial charge in [-0.1, -0.05) is 36.3 Å². The van der Waals surface area contributed by atoms with Gasteiger partial charge in [-0.25, -0.2) is 5.48 Å². The Hall–Kier alpha value is -1.83. The first-order valence-corrected chi connectivity index (χ1v) is 4.91. The van der Waals surface area contributed by atoms with E-state index in [1.165, 1.54) is 0 Å². The van der Waals surface area contributed by atoms with Crippen LogP contribution in [0.1, 0.15) is 5.56 Å². The normalized spacial score (nSPS) is 9.44. The molecule has 0 aromatic heterocycles. The Morgan fingerprint density at radius 2 is 2.12 bits per heavy atom. The number of terminal acetylenes is 1. The standard InChI is InChI=1S/C12H14N2O2/c1-2-8-13-9-12(15)14-16-10-11-6-4-3-5-7-11/h1,3-7,13H,8-10H2,(H,14,15). The summed E-state index contributed by atoms with van der Waals surface area (Å²) < 4.78 is 0. The van der Waals surface area contributed by atoms with Gasteiger partial charge in [-0.3, -0.25) is 14.9 Å². The van der Waals surface area contributed by atoms with Crippen LogP contribution in [-0.4, -0.2) is 19.0 Å². The molecular weight excluding hydrogens is 204 g/mol. The third kappa shape index (κ3) is 5.15. The second-order valence-corrected chi connectivity index (χ2v) is 3.11. The molecule has 0 atom stereocenters. The van der Waals surface area contributed by atoms with Crippen LogP contribution in [0.15, 0.2) is 30.3 Å². The lowest BCUT2D eigenvalue weighted by Crippen LogP contribution is -2.33. The second kappa shape index (κ2) is 7.46. The molecule has 1 rings (SSSR count). The van der Waals surface area contributed by atoms with Crippen molar-refractivity contribution in [3.8, 4) is 12.3 Å². The molecule has 84 valence electrons. The van der Waals surface area contributed by atoms with Gasteiger partial charge in [0.25, 0.3) is 5.91 Å². The summed E-state index contributed by atoms with van der Waals surface area (Å²) in [7, 11) is 0. The van der Waals surface area contributed by atoms with Gasteiger partial charge in [0.2, 0.25) is 0 Å². The summed E-state index contributed by atoms with van der Waals surface area (Å²) >= 11 is 0. The minimum Gasteiger partial charge on any atom is -0.298 e. The molecule has 4 nitrogen and oxygen atoms in total. The van der Waals surface area contributed by atoms with Crippen LogP contribution in [0.2, 0.25) is 0 Å². The number of carbonyl (C=O) groups excluding carboxylic acids is 1. The summed E-state index contributed by atoms with van der Waals surface area (Å²) in [6.07, 6.45) is 5.02. The van der Waals surface area contributed by atoms with E-state index in [9.17, 15) is 4.79 Å². The molecule has 0 fully saturated rings. The molecule has 0 radical (unpaired) electrons. The maximum absolute atomic E-state index is 11.1. The van der Waals surface area contributed by atoms with Crippen molar-refractivity contribution in [3.63, 3.8) is 0 Å². The number of nitrogens with one attached hydrogen (secondary N) is 2. The second-order valence-electron chi connectivity index (χ2n) is 3.11. The van der Waals surface area contributed by atoms with E-state index in [0.29, 0.717) is 13.2 Å². The van der Waals surface area contributed by atoms with Crippen LogP contribution in [0, 0.1) is 12.3 Å². The van der Waals surface area contributed by atoms with Gasteiger partial charge in [-0.15, -0.1) is 6.42 Å². The third-order valence-corrected chi connectivity index (χ3v) is 1.78. The number of hydroxylamine groups is 1. The summed E-state index contributed by atoms with van der Waals surface area (Å²) in [5.41, 5.74) is 3.32. The number of rotatable bonds is 6. The van der Waals surface area contributed by atoms with Gasteiger partial charge >= 0.3 is 0 Å². The molecule has 0 bridgehead atoms. The molecule has 0 spiro atoms. The molecule has 0 saturated carbocycles. The molecule has 0 aliphatic rings. The Bertz CT molecular complexity index is 357. The molecule has 1 aromatic rings. The van der Waals surface area contributed by atoms with Gasteiger partial charge in [-0.2, -0.15) is 0 Å². The molecule has 16 heavy (non-hydrogen) atoms. The molecule has 2 N–H and O–H groups in total. The Morgan fingerprint density at radius 1 is 1.38 bits per heavy atom. The lowest BCUT2D eigenvalue weighted by molar-refractivity contribution is -0.133. The maximum atomic E-state index is 11.1. The van der Waals surface area contributed by atoms with Crippen LogP contribution in [0.3, 0.4) is 0 Å². The summed E-state index contributed by atoms with van der Waals surface area (Å²) in [6.45, 7) is 0.868. The minimum absolute atomic E-state index is 0.152. The van der Waals surface area contributed by atoms with Gasteiger partial charge in [0, 0.05) is 0 Å². The highest BCUT2D eigenvalue weighted by molar-refractivity contribution is 5.76. The van der Waals surface area contributed by atoms with Crippen molar-refractivity contribution in [2.75, 3.05) is 13.1 Å². The predicted octanol–water partition coefficient (Wildman–Crippen LogP) is 0.457. The van der Waals surface area contributed by atoms with E-state index >= 15 is 0 Å². The van der Waals surface area contributed by atoms with Gasteiger partial charge in [0.05, 0.1) is 19.7 Å². The quantitative estimate of drug-likeness (QED) is 0.414. The van der Waals surface area contributed by atoms with Gasteiger partial charge in [-0.05, 0) is 5.56 Å². The highest BCUT2D eigenvalue weighted by Gasteiger charge is 1.99. The topological polar surface area (TPSA) is 50.4 Å². The van der Waals surface area contributed by atoms with Crippen molar-refractivity contribution >= 4 is 5.91 Å². The van der Waals surface area contributed by atoms with Gasteiger partial charge in [0.1, 0.15) is 0 Å². The number of benzene rings is 1. The Balaban J connectivity index is 2.12. The number of hydrogen-bond acceptors (Lipinski definition) is 3. The zero-order chi connectivity index (χ0) is 11.6. The number of amides is 1. The SMILES string of the molecule is C#CCNCC(=O)NOCc1ccccc1. The van der Waals surface area contributed by atoms with Crippen LogP contribution >= 0.6 is 0 Å². The monoisotopic (exact) mass is 218 g/mol. The summed E-state index contributed by atoms with van der Waals surface area (Å²) in [5, 5.41) is 2.76. The van der Waals surface area contributed by atoms with Crippen molar-refractivity contribution in [2.24, 2.45) is 0 Å². The third-order valence-electron chi connectivity index (χ3n) is 1.78. The fourth-order valence-corrected chi connectivity index (χ4v) is 1.06. The first kappa shape index (κ1) is 12.2. The van der Waals surface area contributed by atoms with Crippen molar-refractivity contribution in [2.45, 2.75) is 6.61 Å². The first-order chi connectivity index (χ1) is 7.83. The van der Waals surface area contributed by atoms with E-state index in [4.69, 9.17) is 11.3 Å². The van der Waals surface area contributed by atoms with E-state index in [1.807, 2.05) is 30.3 Å². The number of hydrogen-bond donors (Lipinski definition) is 2. The molecule has 0 unspecified atom stereocenters. The summed E-state index contributed by atoms with van der Waals surface area (Å²) in [6, 6.07) is 9.58.